The summed E-state index contributed by atoms with van der Waals surface area (Å²) in [5, 5.41) is 5.96. The zero-order valence-electron chi connectivity index (χ0n) is 19.1. The minimum absolute atomic E-state index is 0.0863. The van der Waals surface area contributed by atoms with E-state index in [1.807, 2.05) is 48.2 Å². The number of carbonyl (C=O) groups is 2. The van der Waals surface area contributed by atoms with Crippen LogP contribution in [-0.2, 0) is 11.2 Å². The molecule has 0 saturated carbocycles. The Morgan fingerprint density at radius 3 is 2.47 bits per heavy atom. The highest BCUT2D eigenvalue weighted by Crippen LogP contribution is 2.22. The van der Waals surface area contributed by atoms with Crippen LogP contribution in [0.3, 0.4) is 0 Å². The van der Waals surface area contributed by atoms with E-state index in [4.69, 9.17) is 16.3 Å². The van der Waals surface area contributed by atoms with Gasteiger partial charge < -0.3 is 20.3 Å². The van der Waals surface area contributed by atoms with E-state index in [1.54, 1.807) is 36.4 Å². The summed E-state index contributed by atoms with van der Waals surface area (Å²) >= 11 is 6.07. The summed E-state index contributed by atoms with van der Waals surface area (Å²) in [5.74, 6) is 0.915. The molecule has 2 N–H and O–H groups in total. The molecule has 1 aliphatic rings. The van der Waals surface area contributed by atoms with Gasteiger partial charge in [0.05, 0.1) is 23.2 Å². The monoisotopic (exact) mass is 477 g/mol. The van der Waals surface area contributed by atoms with Crippen molar-refractivity contribution < 1.29 is 14.3 Å². The summed E-state index contributed by atoms with van der Waals surface area (Å²) in [4.78, 5) is 27.1. The Morgan fingerprint density at radius 2 is 1.74 bits per heavy atom. The van der Waals surface area contributed by atoms with Crippen LogP contribution < -0.4 is 15.4 Å². The first-order chi connectivity index (χ1) is 16.5. The lowest BCUT2D eigenvalue weighted by molar-refractivity contribution is -0.131. The number of para-hydroxylation sites is 1. The Labute approximate surface area is 204 Å². The van der Waals surface area contributed by atoms with Crippen LogP contribution in [0.4, 0.5) is 16.2 Å². The van der Waals surface area contributed by atoms with E-state index in [2.05, 4.69) is 10.6 Å². The molecule has 0 aliphatic carbocycles. The molecule has 4 rings (SSSR count). The number of anilines is 2. The number of nitrogens with one attached hydrogen (secondary N) is 2. The fourth-order valence-corrected chi connectivity index (χ4v) is 4.18. The highest BCUT2D eigenvalue weighted by molar-refractivity contribution is 6.33. The van der Waals surface area contributed by atoms with Gasteiger partial charge in [0.15, 0.2) is 0 Å². The van der Waals surface area contributed by atoms with Crippen LogP contribution in [0.5, 0.6) is 5.75 Å². The molecule has 0 aromatic heterocycles. The van der Waals surface area contributed by atoms with Gasteiger partial charge in [-0.15, -0.1) is 0 Å². The summed E-state index contributed by atoms with van der Waals surface area (Å²) < 4.78 is 5.93. The number of likely N-dealkylation sites (tertiary alicyclic amines) is 1. The first kappa shape index (κ1) is 23.6. The minimum Gasteiger partial charge on any atom is -0.491 e. The standard InChI is InChI=1S/C27H28ClN3O3/c1-19-8-14-23(15-9-19)34-18-22-5-4-16-31(22)26(32)17-20-10-12-21(13-11-20)29-27(33)30-25-7-3-2-6-24(25)28/h2-3,6-15,22H,4-5,16-18H2,1H3,(H2,29,30,33). The average molecular weight is 478 g/mol. The summed E-state index contributed by atoms with van der Waals surface area (Å²) in [6.45, 7) is 3.29. The van der Waals surface area contributed by atoms with E-state index >= 15 is 0 Å². The predicted octanol–water partition coefficient (Wildman–Crippen LogP) is 5.90. The van der Waals surface area contributed by atoms with Gasteiger partial charge in [-0.2, -0.15) is 0 Å². The molecule has 0 bridgehead atoms. The van der Waals surface area contributed by atoms with Crippen LogP contribution in [0.15, 0.2) is 72.8 Å². The molecule has 0 spiro atoms. The molecular weight excluding hydrogens is 450 g/mol. The van der Waals surface area contributed by atoms with E-state index in [0.717, 1.165) is 30.7 Å². The van der Waals surface area contributed by atoms with Crippen LogP contribution in [0, 0.1) is 6.92 Å². The zero-order chi connectivity index (χ0) is 23.9. The molecule has 3 amide bonds. The highest BCUT2D eigenvalue weighted by atomic mass is 35.5. The van der Waals surface area contributed by atoms with Gasteiger partial charge in [-0.05, 0) is 61.7 Å². The maximum Gasteiger partial charge on any atom is 0.323 e. The lowest BCUT2D eigenvalue weighted by atomic mass is 10.1. The smallest absolute Gasteiger partial charge is 0.323 e. The topological polar surface area (TPSA) is 70.7 Å². The van der Waals surface area contributed by atoms with Crippen molar-refractivity contribution in [1.82, 2.24) is 4.90 Å². The average Bonchev–Trinajstić information content (AvgIpc) is 3.30. The Kier molecular flexibility index (Phi) is 7.70. The van der Waals surface area contributed by atoms with Crippen molar-refractivity contribution in [2.24, 2.45) is 0 Å². The quantitative estimate of drug-likeness (QED) is 0.444. The van der Waals surface area contributed by atoms with Gasteiger partial charge in [0.2, 0.25) is 5.91 Å². The number of aryl methyl sites for hydroxylation is 1. The van der Waals surface area contributed by atoms with Gasteiger partial charge in [-0.3, -0.25) is 4.79 Å². The van der Waals surface area contributed by atoms with Crippen molar-refractivity contribution in [1.29, 1.82) is 0 Å². The van der Waals surface area contributed by atoms with E-state index in [9.17, 15) is 9.59 Å². The van der Waals surface area contributed by atoms with Gasteiger partial charge in [-0.1, -0.05) is 53.6 Å². The lowest BCUT2D eigenvalue weighted by Crippen LogP contribution is -2.39. The molecule has 3 aromatic rings. The van der Waals surface area contributed by atoms with Crippen LogP contribution in [-0.4, -0.2) is 36.0 Å². The number of amides is 3. The maximum atomic E-state index is 13.0. The number of hydrogen-bond acceptors (Lipinski definition) is 3. The molecule has 3 aromatic carbocycles. The van der Waals surface area contributed by atoms with E-state index in [1.165, 1.54) is 5.56 Å². The van der Waals surface area contributed by atoms with Gasteiger partial charge in [0.1, 0.15) is 12.4 Å². The first-order valence-electron chi connectivity index (χ1n) is 11.4. The Bertz CT molecular complexity index is 1130. The van der Waals surface area contributed by atoms with Gasteiger partial charge in [-0.25, -0.2) is 4.79 Å². The van der Waals surface area contributed by atoms with Crippen molar-refractivity contribution in [2.45, 2.75) is 32.2 Å². The second-order valence-corrected chi connectivity index (χ2v) is 8.85. The normalized spacial score (nSPS) is 15.1. The van der Waals surface area contributed by atoms with Gasteiger partial charge in [0.25, 0.3) is 0 Å². The third kappa shape index (κ3) is 6.29. The van der Waals surface area contributed by atoms with E-state index < -0.39 is 0 Å². The third-order valence-electron chi connectivity index (χ3n) is 5.85. The molecule has 6 nitrogen and oxygen atoms in total. The summed E-state index contributed by atoms with van der Waals surface area (Å²) in [6, 6.07) is 22.0. The summed E-state index contributed by atoms with van der Waals surface area (Å²) in [7, 11) is 0. The van der Waals surface area contributed by atoms with E-state index in [-0.39, 0.29) is 18.0 Å². The van der Waals surface area contributed by atoms with Crippen LogP contribution >= 0.6 is 11.6 Å². The Morgan fingerprint density at radius 1 is 1.00 bits per heavy atom. The fraction of sp³-hybridized carbons (Fsp3) is 0.259. The molecule has 7 heteroatoms. The van der Waals surface area contributed by atoms with Gasteiger partial charge >= 0.3 is 6.03 Å². The van der Waals surface area contributed by atoms with Crippen molar-refractivity contribution in [3.05, 3.63) is 88.9 Å². The third-order valence-corrected chi connectivity index (χ3v) is 6.18. The van der Waals surface area contributed by atoms with Crippen molar-refractivity contribution in [3.8, 4) is 5.75 Å². The summed E-state index contributed by atoms with van der Waals surface area (Å²) in [5.41, 5.74) is 3.25. The van der Waals surface area contributed by atoms with Crippen LogP contribution in [0.2, 0.25) is 5.02 Å². The maximum absolute atomic E-state index is 13.0. The second-order valence-electron chi connectivity index (χ2n) is 8.44. The molecule has 1 saturated heterocycles. The first-order valence-corrected chi connectivity index (χ1v) is 11.8. The molecule has 0 radical (unpaired) electrons. The zero-order valence-corrected chi connectivity index (χ0v) is 19.8. The Balaban J connectivity index is 1.28. The SMILES string of the molecule is Cc1ccc(OCC2CCCN2C(=O)Cc2ccc(NC(=O)Nc3ccccc3Cl)cc2)cc1. The molecular formula is C27H28ClN3O3. The van der Waals surface area contributed by atoms with E-state index in [0.29, 0.717) is 29.4 Å². The minimum atomic E-state index is -0.384. The van der Waals surface area contributed by atoms with Crippen molar-refractivity contribution >= 4 is 34.9 Å². The van der Waals surface area contributed by atoms with Gasteiger partial charge in [0, 0.05) is 12.2 Å². The number of ether oxygens (including phenoxy) is 1. The fourth-order valence-electron chi connectivity index (χ4n) is 3.99. The number of benzene rings is 3. The number of urea groups is 1. The molecule has 1 atom stereocenters. The molecule has 1 unspecified atom stereocenters. The number of rotatable bonds is 7. The predicted molar refractivity (Wildman–Crippen MR) is 136 cm³/mol. The summed E-state index contributed by atoms with van der Waals surface area (Å²) in [6.07, 6.45) is 2.24. The van der Waals surface area contributed by atoms with Crippen molar-refractivity contribution in [2.75, 3.05) is 23.8 Å². The van der Waals surface area contributed by atoms with Crippen LogP contribution in [0.1, 0.15) is 24.0 Å². The van der Waals surface area contributed by atoms with Crippen molar-refractivity contribution in [3.63, 3.8) is 0 Å². The number of carbonyl (C=O) groups excluding carboxylic acids is 2. The lowest BCUT2D eigenvalue weighted by Gasteiger charge is -2.25. The number of hydrogen-bond donors (Lipinski definition) is 2. The Hall–Kier alpha value is -3.51. The number of halogens is 1. The molecule has 1 heterocycles. The highest BCUT2D eigenvalue weighted by Gasteiger charge is 2.29. The number of nitrogens with zero attached hydrogens (tertiary/aromatic N) is 1. The molecule has 1 fully saturated rings. The largest absolute Gasteiger partial charge is 0.491 e. The molecule has 176 valence electrons. The molecule has 1 aliphatic heterocycles. The molecule has 34 heavy (non-hydrogen) atoms. The second kappa shape index (κ2) is 11.1. The van der Waals surface area contributed by atoms with Crippen LogP contribution in [0.25, 0.3) is 0 Å².